The van der Waals surface area contributed by atoms with E-state index in [2.05, 4.69) is 15.6 Å². The molecule has 0 spiro atoms. The molecule has 1 aromatic carbocycles. The van der Waals surface area contributed by atoms with E-state index in [-0.39, 0.29) is 22.2 Å². The maximum absolute atomic E-state index is 14.7. The van der Waals surface area contributed by atoms with Gasteiger partial charge in [0, 0.05) is 10.4 Å². The van der Waals surface area contributed by atoms with Crippen molar-refractivity contribution in [2.24, 2.45) is 0 Å². The largest absolute Gasteiger partial charge is 0.333 e. The van der Waals surface area contributed by atoms with Crippen molar-refractivity contribution >= 4 is 45.3 Å². The summed E-state index contributed by atoms with van der Waals surface area (Å²) < 4.78 is 15.9. The summed E-state index contributed by atoms with van der Waals surface area (Å²) in [6, 6.07) is 5.40. The van der Waals surface area contributed by atoms with E-state index < -0.39 is 23.3 Å². The van der Waals surface area contributed by atoms with Crippen LogP contribution in [-0.4, -0.2) is 32.8 Å². The standard InChI is InChI=1S/C23H25FN4O3S2/c1-23(2,3)27-21(31)25-17(29)12-32-22-26-19-18(13-8-4-7-11-16(13)33-19)20(30)28(22)15-10-6-5-9-14(15)24/h5-6,9-10H,4,7-8,11-12H2,1-3H3,(H2,25,27,29,31). The fourth-order valence-electron chi connectivity index (χ4n) is 3.79. The number of aryl methyl sites for hydroxylation is 2. The third kappa shape index (κ3) is 5.11. The predicted octanol–water partition coefficient (Wildman–Crippen LogP) is 4.18. The lowest BCUT2D eigenvalue weighted by atomic mass is 9.97. The Morgan fingerprint density at radius 1 is 1.21 bits per heavy atom. The van der Waals surface area contributed by atoms with E-state index in [1.54, 1.807) is 32.9 Å². The minimum Gasteiger partial charge on any atom is -0.333 e. The number of aromatic nitrogens is 2. The van der Waals surface area contributed by atoms with E-state index in [0.717, 1.165) is 47.9 Å². The van der Waals surface area contributed by atoms with Crippen LogP contribution in [0.1, 0.15) is 44.1 Å². The number of hydrogen-bond acceptors (Lipinski definition) is 6. The lowest BCUT2D eigenvalue weighted by Crippen LogP contribution is -2.48. The van der Waals surface area contributed by atoms with E-state index in [1.165, 1.54) is 28.0 Å². The van der Waals surface area contributed by atoms with Crippen LogP contribution in [0.2, 0.25) is 0 Å². The zero-order chi connectivity index (χ0) is 23.8. The first kappa shape index (κ1) is 23.4. The van der Waals surface area contributed by atoms with Crippen molar-refractivity contribution in [2.75, 3.05) is 5.75 Å². The van der Waals surface area contributed by atoms with Gasteiger partial charge in [-0.2, -0.15) is 0 Å². The number of para-hydroxylation sites is 1. The maximum Gasteiger partial charge on any atom is 0.321 e. The van der Waals surface area contributed by atoms with Crippen LogP contribution in [0.15, 0.2) is 34.2 Å². The van der Waals surface area contributed by atoms with E-state index in [1.807, 2.05) is 0 Å². The molecule has 2 heterocycles. The van der Waals surface area contributed by atoms with Gasteiger partial charge in [-0.1, -0.05) is 23.9 Å². The molecule has 2 aromatic heterocycles. The topological polar surface area (TPSA) is 93.1 Å². The molecule has 174 valence electrons. The molecule has 3 aromatic rings. The van der Waals surface area contributed by atoms with Crippen molar-refractivity contribution in [2.45, 2.75) is 57.1 Å². The number of urea groups is 1. The smallest absolute Gasteiger partial charge is 0.321 e. The zero-order valence-corrected chi connectivity index (χ0v) is 20.3. The molecule has 0 atom stereocenters. The first-order chi connectivity index (χ1) is 15.6. The fourth-order valence-corrected chi connectivity index (χ4v) is 5.90. The van der Waals surface area contributed by atoms with Gasteiger partial charge in [-0.05, 0) is 64.2 Å². The number of nitrogens with one attached hydrogen (secondary N) is 2. The summed E-state index contributed by atoms with van der Waals surface area (Å²) in [6.45, 7) is 5.41. The van der Waals surface area contributed by atoms with Crippen molar-refractivity contribution < 1.29 is 14.0 Å². The Labute approximate surface area is 198 Å². The molecule has 33 heavy (non-hydrogen) atoms. The number of nitrogens with zero attached hydrogens (tertiary/aromatic N) is 2. The molecule has 1 aliphatic carbocycles. The molecule has 0 saturated carbocycles. The van der Waals surface area contributed by atoms with Crippen LogP contribution in [0.3, 0.4) is 0 Å². The van der Waals surface area contributed by atoms with E-state index in [0.29, 0.717) is 10.2 Å². The highest BCUT2D eigenvalue weighted by Gasteiger charge is 2.24. The molecule has 0 saturated heterocycles. The van der Waals surface area contributed by atoms with Crippen molar-refractivity contribution in [3.8, 4) is 5.69 Å². The van der Waals surface area contributed by atoms with Crippen molar-refractivity contribution in [1.29, 1.82) is 0 Å². The first-order valence-electron chi connectivity index (χ1n) is 10.7. The Bertz CT molecular complexity index is 1290. The summed E-state index contributed by atoms with van der Waals surface area (Å²) in [6.07, 6.45) is 3.79. The van der Waals surface area contributed by atoms with Crippen LogP contribution in [-0.2, 0) is 17.6 Å². The Balaban J connectivity index is 1.70. The molecule has 2 N–H and O–H groups in total. The lowest BCUT2D eigenvalue weighted by molar-refractivity contribution is -0.117. The minimum absolute atomic E-state index is 0.0843. The summed E-state index contributed by atoms with van der Waals surface area (Å²) >= 11 is 2.48. The molecule has 4 rings (SSSR count). The average Bonchev–Trinajstić information content (AvgIpc) is 3.10. The molecular formula is C23H25FN4O3S2. The summed E-state index contributed by atoms with van der Waals surface area (Å²) in [5, 5.41) is 5.68. The number of imide groups is 1. The van der Waals surface area contributed by atoms with E-state index in [9.17, 15) is 18.8 Å². The molecule has 1 aliphatic rings. The van der Waals surface area contributed by atoms with Gasteiger partial charge in [-0.3, -0.25) is 19.5 Å². The maximum atomic E-state index is 14.7. The molecule has 0 radical (unpaired) electrons. The molecular weight excluding hydrogens is 463 g/mol. The van der Waals surface area contributed by atoms with Crippen molar-refractivity contribution in [3.05, 3.63) is 50.9 Å². The number of thiophene rings is 1. The third-order valence-corrected chi connectivity index (χ3v) is 7.25. The number of rotatable bonds is 4. The highest BCUT2D eigenvalue weighted by molar-refractivity contribution is 7.99. The summed E-state index contributed by atoms with van der Waals surface area (Å²) in [4.78, 5) is 44.4. The fraction of sp³-hybridized carbons (Fsp3) is 0.391. The summed E-state index contributed by atoms with van der Waals surface area (Å²) in [7, 11) is 0. The second-order valence-electron chi connectivity index (χ2n) is 8.92. The van der Waals surface area contributed by atoms with Crippen LogP contribution in [0.5, 0.6) is 0 Å². The van der Waals surface area contributed by atoms with Gasteiger partial charge < -0.3 is 5.32 Å². The van der Waals surface area contributed by atoms with E-state index in [4.69, 9.17) is 0 Å². The number of fused-ring (bicyclic) bond motifs is 3. The average molecular weight is 489 g/mol. The number of amides is 3. The third-order valence-electron chi connectivity index (χ3n) is 5.13. The highest BCUT2D eigenvalue weighted by atomic mass is 32.2. The molecule has 3 amide bonds. The predicted molar refractivity (Wildman–Crippen MR) is 129 cm³/mol. The monoisotopic (exact) mass is 488 g/mol. The Morgan fingerprint density at radius 2 is 1.94 bits per heavy atom. The summed E-state index contributed by atoms with van der Waals surface area (Å²) in [5.74, 6) is -1.25. The molecule has 0 unspecified atom stereocenters. The number of benzene rings is 1. The van der Waals surface area contributed by atoms with Gasteiger partial charge in [0.05, 0.1) is 16.8 Å². The van der Waals surface area contributed by atoms with Crippen LogP contribution in [0.4, 0.5) is 9.18 Å². The van der Waals surface area contributed by atoms with Crippen LogP contribution in [0, 0.1) is 5.82 Å². The Hall–Kier alpha value is -2.72. The highest BCUT2D eigenvalue weighted by Crippen LogP contribution is 2.35. The number of thioether (sulfide) groups is 1. The second kappa shape index (κ2) is 9.26. The molecule has 0 bridgehead atoms. The number of carbonyl (C=O) groups is 2. The van der Waals surface area contributed by atoms with Crippen LogP contribution < -0.4 is 16.2 Å². The molecule has 10 heteroatoms. The van der Waals surface area contributed by atoms with Crippen molar-refractivity contribution in [3.63, 3.8) is 0 Å². The number of halogens is 1. The van der Waals surface area contributed by atoms with Gasteiger partial charge in [-0.15, -0.1) is 11.3 Å². The van der Waals surface area contributed by atoms with Crippen LogP contribution in [0.25, 0.3) is 15.9 Å². The molecule has 0 fully saturated rings. The van der Waals surface area contributed by atoms with Gasteiger partial charge in [0.15, 0.2) is 5.16 Å². The van der Waals surface area contributed by atoms with Gasteiger partial charge in [0.25, 0.3) is 5.56 Å². The van der Waals surface area contributed by atoms with Gasteiger partial charge in [0.2, 0.25) is 5.91 Å². The van der Waals surface area contributed by atoms with Crippen molar-refractivity contribution in [1.82, 2.24) is 20.2 Å². The zero-order valence-electron chi connectivity index (χ0n) is 18.7. The van der Waals surface area contributed by atoms with Gasteiger partial charge in [-0.25, -0.2) is 14.2 Å². The Morgan fingerprint density at radius 3 is 2.67 bits per heavy atom. The van der Waals surface area contributed by atoms with Crippen LogP contribution >= 0.6 is 23.1 Å². The SMILES string of the molecule is CC(C)(C)NC(=O)NC(=O)CSc1nc2sc3c(c2c(=O)n1-c1ccccc1F)CCCC3. The van der Waals surface area contributed by atoms with Gasteiger partial charge in [0.1, 0.15) is 10.6 Å². The van der Waals surface area contributed by atoms with E-state index >= 15 is 0 Å². The summed E-state index contributed by atoms with van der Waals surface area (Å²) in [5.41, 5.74) is 0.268. The minimum atomic E-state index is -0.603. The normalized spacial score (nSPS) is 13.6. The molecule has 7 nitrogen and oxygen atoms in total. The molecule has 0 aliphatic heterocycles. The lowest BCUT2D eigenvalue weighted by Gasteiger charge is -2.20. The van der Waals surface area contributed by atoms with Gasteiger partial charge >= 0.3 is 6.03 Å². The number of carbonyl (C=O) groups excluding carboxylic acids is 2. The number of hydrogen-bond donors (Lipinski definition) is 2. The quantitative estimate of drug-likeness (QED) is 0.425. The Kier molecular flexibility index (Phi) is 6.58. The second-order valence-corrected chi connectivity index (χ2v) is 10.9. The first-order valence-corrected chi connectivity index (χ1v) is 12.5.